The Kier molecular flexibility index (Phi) is 8.96. The Morgan fingerprint density at radius 1 is 0.927 bits per heavy atom. The van der Waals surface area contributed by atoms with Gasteiger partial charge in [-0.3, -0.25) is 9.59 Å². The molecule has 0 saturated carbocycles. The molecule has 4 aromatic carbocycles. The highest BCUT2D eigenvalue weighted by Crippen LogP contribution is 2.34. The Labute approximate surface area is 240 Å². The van der Waals surface area contributed by atoms with Crippen LogP contribution < -0.4 is 24.4 Å². The van der Waals surface area contributed by atoms with E-state index in [9.17, 15) is 9.59 Å². The van der Waals surface area contributed by atoms with E-state index >= 15 is 0 Å². The van der Waals surface area contributed by atoms with Crippen molar-refractivity contribution in [2.75, 3.05) is 30.0 Å². The lowest BCUT2D eigenvalue weighted by Gasteiger charge is -2.29. The van der Waals surface area contributed by atoms with Crippen LogP contribution in [0, 0.1) is 6.92 Å². The van der Waals surface area contributed by atoms with Crippen LogP contribution in [0.1, 0.15) is 23.1 Å². The van der Waals surface area contributed by atoms with Gasteiger partial charge in [0.15, 0.2) is 6.61 Å². The van der Waals surface area contributed by atoms with Crippen LogP contribution in [0.25, 0.3) is 6.08 Å². The molecule has 0 fully saturated rings. The van der Waals surface area contributed by atoms with E-state index in [0.29, 0.717) is 43.3 Å². The number of hydrogen-bond donors (Lipinski definition) is 1. The molecular weight excluding hydrogens is 516 g/mol. The Morgan fingerprint density at radius 3 is 2.56 bits per heavy atom. The number of nitrogens with one attached hydrogen (secondary N) is 1. The quantitative estimate of drug-likeness (QED) is 0.173. The summed E-state index contributed by atoms with van der Waals surface area (Å²) in [6, 6.07) is 30.7. The average molecular weight is 549 g/mol. The van der Waals surface area contributed by atoms with Gasteiger partial charge in [0.1, 0.15) is 23.9 Å². The zero-order valence-corrected chi connectivity index (χ0v) is 22.9. The first kappa shape index (κ1) is 27.5. The molecule has 1 N–H and O–H groups in total. The van der Waals surface area contributed by atoms with E-state index in [0.717, 1.165) is 28.2 Å². The van der Waals surface area contributed by atoms with Gasteiger partial charge < -0.3 is 24.4 Å². The molecule has 7 heteroatoms. The minimum Gasteiger partial charge on any atom is -0.494 e. The molecule has 208 valence electrons. The second kappa shape index (κ2) is 13.3. The van der Waals surface area contributed by atoms with Gasteiger partial charge in [0.2, 0.25) is 5.91 Å². The van der Waals surface area contributed by atoms with Gasteiger partial charge >= 0.3 is 0 Å². The third-order valence-corrected chi connectivity index (χ3v) is 6.51. The lowest BCUT2D eigenvalue weighted by molar-refractivity contribution is -0.121. The van der Waals surface area contributed by atoms with Gasteiger partial charge in [-0.05, 0) is 78.6 Å². The van der Waals surface area contributed by atoms with Gasteiger partial charge in [0.25, 0.3) is 5.91 Å². The Hall–Kier alpha value is -5.04. The predicted octanol–water partition coefficient (Wildman–Crippen LogP) is 6.42. The zero-order chi connectivity index (χ0) is 28.4. The summed E-state index contributed by atoms with van der Waals surface area (Å²) >= 11 is 0. The maximum Gasteiger partial charge on any atom is 0.265 e. The van der Waals surface area contributed by atoms with Crippen molar-refractivity contribution in [3.63, 3.8) is 0 Å². The molecule has 0 atom stereocenters. The van der Waals surface area contributed by atoms with Gasteiger partial charge in [0.05, 0.1) is 12.3 Å². The predicted molar refractivity (Wildman–Crippen MR) is 160 cm³/mol. The molecule has 41 heavy (non-hydrogen) atoms. The van der Waals surface area contributed by atoms with Crippen LogP contribution in [0.5, 0.6) is 17.2 Å². The molecule has 1 aliphatic heterocycles. The van der Waals surface area contributed by atoms with Crippen LogP contribution in [0.15, 0.2) is 103 Å². The molecule has 7 nitrogen and oxygen atoms in total. The number of fused-ring (bicyclic) bond motifs is 1. The van der Waals surface area contributed by atoms with E-state index in [2.05, 4.69) is 5.32 Å². The molecule has 0 aliphatic carbocycles. The summed E-state index contributed by atoms with van der Waals surface area (Å²) in [5, 5.41) is 2.87. The van der Waals surface area contributed by atoms with Gasteiger partial charge in [-0.15, -0.1) is 0 Å². The van der Waals surface area contributed by atoms with Crippen LogP contribution >= 0.6 is 0 Å². The highest BCUT2D eigenvalue weighted by Gasteiger charge is 2.25. The summed E-state index contributed by atoms with van der Waals surface area (Å²) in [4.78, 5) is 27.0. The molecule has 5 rings (SSSR count). The Morgan fingerprint density at radius 2 is 1.76 bits per heavy atom. The molecule has 0 bridgehead atoms. The maximum atomic E-state index is 12.6. The van der Waals surface area contributed by atoms with Gasteiger partial charge in [0, 0.05) is 18.3 Å². The minimum atomic E-state index is -0.282. The van der Waals surface area contributed by atoms with Crippen LogP contribution in [0.3, 0.4) is 0 Å². The highest BCUT2D eigenvalue weighted by molar-refractivity contribution is 6.03. The standard InChI is InChI=1S/C34H32N2O5/c1-25-7-5-10-30(21-25)39-20-6-19-36-31-22-28(14-17-32(31)41-24-34(36)38)35-33(37)18-13-26-11-15-29(16-12-26)40-23-27-8-3-2-4-9-27/h2-5,7-18,21-22H,6,19-20,23-24H2,1H3,(H,35,37)/b18-13+. The van der Waals surface area contributed by atoms with Crippen LogP contribution in [-0.2, 0) is 16.2 Å². The molecule has 1 heterocycles. The van der Waals surface area contributed by atoms with Crippen LogP contribution in [0.4, 0.5) is 11.4 Å². The van der Waals surface area contributed by atoms with E-state index in [1.807, 2.05) is 85.8 Å². The number of hydrogen-bond acceptors (Lipinski definition) is 5. The number of amides is 2. The second-order valence-electron chi connectivity index (χ2n) is 9.70. The third kappa shape index (κ3) is 7.76. The summed E-state index contributed by atoms with van der Waals surface area (Å²) in [5.74, 6) is 1.76. The van der Waals surface area contributed by atoms with Crippen molar-refractivity contribution < 1.29 is 23.8 Å². The fourth-order valence-electron chi connectivity index (χ4n) is 4.41. The number of ether oxygens (including phenoxy) is 3. The lowest BCUT2D eigenvalue weighted by Crippen LogP contribution is -2.39. The molecule has 4 aromatic rings. The number of benzene rings is 4. The van der Waals surface area contributed by atoms with E-state index in [4.69, 9.17) is 14.2 Å². The fourth-order valence-corrected chi connectivity index (χ4v) is 4.41. The second-order valence-corrected chi connectivity index (χ2v) is 9.70. The fraction of sp³-hybridized carbons (Fsp3) is 0.176. The van der Waals surface area contributed by atoms with Crippen molar-refractivity contribution in [3.8, 4) is 17.2 Å². The highest BCUT2D eigenvalue weighted by atomic mass is 16.5. The minimum absolute atomic E-state index is 0.0176. The Bertz CT molecular complexity index is 1520. The van der Waals surface area contributed by atoms with Crippen molar-refractivity contribution >= 4 is 29.3 Å². The number of rotatable bonds is 11. The number of carbonyl (C=O) groups excluding carboxylic acids is 2. The molecule has 0 aromatic heterocycles. The van der Waals surface area contributed by atoms with Crippen molar-refractivity contribution in [1.29, 1.82) is 0 Å². The SMILES string of the molecule is Cc1cccc(OCCCN2C(=O)COc3ccc(NC(=O)/C=C/c4ccc(OCc5ccccc5)cc4)cc32)c1. The summed E-state index contributed by atoms with van der Waals surface area (Å²) in [6.45, 7) is 3.45. The molecule has 0 unspecified atom stereocenters. The van der Waals surface area contributed by atoms with Crippen LogP contribution in [-0.4, -0.2) is 31.6 Å². The van der Waals surface area contributed by atoms with Crippen LogP contribution in [0.2, 0.25) is 0 Å². The smallest absolute Gasteiger partial charge is 0.265 e. The molecule has 0 saturated heterocycles. The van der Waals surface area contributed by atoms with Crippen molar-refractivity contribution in [1.82, 2.24) is 0 Å². The van der Waals surface area contributed by atoms with E-state index in [1.165, 1.54) is 6.08 Å². The summed E-state index contributed by atoms with van der Waals surface area (Å²) in [6.07, 6.45) is 3.86. The monoisotopic (exact) mass is 548 g/mol. The molecule has 1 aliphatic rings. The normalized spacial score (nSPS) is 12.5. The summed E-state index contributed by atoms with van der Waals surface area (Å²) < 4.78 is 17.3. The van der Waals surface area contributed by atoms with E-state index in [-0.39, 0.29) is 18.4 Å². The lowest BCUT2D eigenvalue weighted by atomic mass is 10.2. The van der Waals surface area contributed by atoms with Gasteiger partial charge in [-0.25, -0.2) is 0 Å². The topological polar surface area (TPSA) is 77.1 Å². The number of carbonyl (C=O) groups is 2. The summed E-state index contributed by atoms with van der Waals surface area (Å²) in [7, 11) is 0. The van der Waals surface area contributed by atoms with Crippen molar-refractivity contribution in [2.24, 2.45) is 0 Å². The third-order valence-electron chi connectivity index (χ3n) is 6.51. The van der Waals surface area contributed by atoms with Gasteiger partial charge in [-0.2, -0.15) is 0 Å². The molecular formula is C34H32N2O5. The molecule has 0 radical (unpaired) electrons. The Balaban J connectivity index is 1.14. The number of aryl methyl sites for hydroxylation is 1. The van der Waals surface area contributed by atoms with Crippen molar-refractivity contribution in [3.05, 3.63) is 120 Å². The summed E-state index contributed by atoms with van der Waals surface area (Å²) in [5.41, 5.74) is 4.30. The number of anilines is 2. The van der Waals surface area contributed by atoms with Crippen molar-refractivity contribution in [2.45, 2.75) is 20.0 Å². The number of nitrogens with zero attached hydrogens (tertiary/aromatic N) is 1. The largest absolute Gasteiger partial charge is 0.494 e. The first-order valence-electron chi connectivity index (χ1n) is 13.6. The van der Waals surface area contributed by atoms with E-state index < -0.39 is 0 Å². The first-order chi connectivity index (χ1) is 20.0. The maximum absolute atomic E-state index is 12.6. The molecule has 2 amide bonds. The average Bonchev–Trinajstić information content (AvgIpc) is 2.99. The van der Waals surface area contributed by atoms with E-state index in [1.54, 1.807) is 29.2 Å². The zero-order valence-electron chi connectivity index (χ0n) is 22.9. The first-order valence-corrected chi connectivity index (χ1v) is 13.6. The molecule has 0 spiro atoms. The van der Waals surface area contributed by atoms with Gasteiger partial charge in [-0.1, -0.05) is 54.6 Å².